The minimum absolute atomic E-state index is 0.0291. The number of nitrogens with zero attached hydrogens (tertiary/aromatic N) is 3. The standard InChI is InChI=1S/C19H18F3N5O3S/c1-10(28)30-9-14(25-16-13(8-23)17(31-2)27-18(24)26-16)15(29)7-11-4-3-5-12(6-11)19(20,21)22/h3-6,14H,7,9H2,1-2H3,(H3,24,25,26,27)/t14-/m0/s1. The number of halogens is 3. The molecule has 1 aromatic carbocycles. The topological polar surface area (TPSA) is 131 Å². The summed E-state index contributed by atoms with van der Waals surface area (Å²) in [5.41, 5.74) is 4.92. The van der Waals surface area contributed by atoms with E-state index in [9.17, 15) is 28.0 Å². The highest BCUT2D eigenvalue weighted by Gasteiger charge is 2.31. The van der Waals surface area contributed by atoms with Crippen molar-refractivity contribution in [3.63, 3.8) is 0 Å². The molecule has 8 nitrogen and oxygen atoms in total. The summed E-state index contributed by atoms with van der Waals surface area (Å²) in [6, 6.07) is 5.08. The number of carbonyl (C=O) groups is 2. The molecule has 0 saturated heterocycles. The summed E-state index contributed by atoms with van der Waals surface area (Å²) in [7, 11) is 0. The first-order valence-electron chi connectivity index (χ1n) is 8.75. The van der Waals surface area contributed by atoms with Crippen LogP contribution in [0.3, 0.4) is 0 Å². The van der Waals surface area contributed by atoms with Crippen LogP contribution in [0.15, 0.2) is 29.3 Å². The van der Waals surface area contributed by atoms with Gasteiger partial charge in [0.05, 0.1) is 5.56 Å². The van der Waals surface area contributed by atoms with Crippen molar-refractivity contribution >= 4 is 35.3 Å². The van der Waals surface area contributed by atoms with Crippen molar-refractivity contribution in [2.24, 2.45) is 0 Å². The van der Waals surface area contributed by atoms with E-state index in [4.69, 9.17) is 10.5 Å². The lowest BCUT2D eigenvalue weighted by Crippen LogP contribution is -2.36. The van der Waals surface area contributed by atoms with E-state index < -0.39 is 36.1 Å². The SMILES string of the molecule is CSc1nc(N)nc(N[C@@H](COC(C)=O)C(=O)Cc2cccc(C(F)(F)F)c2)c1C#N. The maximum absolute atomic E-state index is 12.9. The molecule has 12 heteroatoms. The van der Waals surface area contributed by atoms with E-state index in [1.807, 2.05) is 6.07 Å². The molecule has 164 valence electrons. The molecular formula is C19H18F3N5O3S. The van der Waals surface area contributed by atoms with Crippen molar-refractivity contribution in [1.82, 2.24) is 9.97 Å². The average Bonchev–Trinajstić information content (AvgIpc) is 2.69. The maximum Gasteiger partial charge on any atom is 0.416 e. The Labute approximate surface area is 180 Å². The first-order valence-corrected chi connectivity index (χ1v) is 9.98. The molecule has 1 atom stereocenters. The number of nitriles is 1. The third-order valence-electron chi connectivity index (χ3n) is 3.98. The van der Waals surface area contributed by atoms with Gasteiger partial charge in [0, 0.05) is 13.3 Å². The lowest BCUT2D eigenvalue weighted by atomic mass is 10.0. The number of carbonyl (C=O) groups excluding carboxylic acids is 2. The summed E-state index contributed by atoms with van der Waals surface area (Å²) in [5, 5.41) is 12.4. The Morgan fingerprint density at radius 1 is 1.35 bits per heavy atom. The third-order valence-corrected chi connectivity index (χ3v) is 4.67. The van der Waals surface area contributed by atoms with Gasteiger partial charge in [0.15, 0.2) is 11.6 Å². The van der Waals surface area contributed by atoms with Gasteiger partial charge in [-0.1, -0.05) is 18.2 Å². The van der Waals surface area contributed by atoms with Gasteiger partial charge >= 0.3 is 12.1 Å². The second kappa shape index (κ2) is 10.1. The van der Waals surface area contributed by atoms with Crippen LogP contribution < -0.4 is 11.1 Å². The van der Waals surface area contributed by atoms with Gasteiger partial charge in [0.1, 0.15) is 29.3 Å². The molecule has 31 heavy (non-hydrogen) atoms. The summed E-state index contributed by atoms with van der Waals surface area (Å²) in [4.78, 5) is 31.9. The highest BCUT2D eigenvalue weighted by Crippen LogP contribution is 2.30. The number of nitrogens with two attached hydrogens (primary N) is 1. The smallest absolute Gasteiger partial charge is 0.416 e. The van der Waals surface area contributed by atoms with E-state index in [-0.39, 0.29) is 34.3 Å². The average molecular weight is 453 g/mol. The molecule has 0 aliphatic heterocycles. The molecule has 2 rings (SSSR count). The third kappa shape index (κ3) is 6.58. The van der Waals surface area contributed by atoms with Gasteiger partial charge in [-0.25, -0.2) is 4.98 Å². The summed E-state index contributed by atoms with van der Waals surface area (Å²) < 4.78 is 43.7. The monoisotopic (exact) mass is 453 g/mol. The Hall–Kier alpha value is -3.33. The molecule has 1 aromatic heterocycles. The van der Waals surface area contributed by atoms with Crippen LogP contribution in [0.4, 0.5) is 24.9 Å². The zero-order chi connectivity index (χ0) is 23.2. The first-order chi connectivity index (χ1) is 14.5. The Bertz CT molecular complexity index is 1020. The van der Waals surface area contributed by atoms with Crippen LogP contribution in [-0.4, -0.2) is 40.6 Å². The predicted molar refractivity (Wildman–Crippen MR) is 107 cm³/mol. The van der Waals surface area contributed by atoms with E-state index in [0.717, 1.165) is 30.8 Å². The van der Waals surface area contributed by atoms with Crippen LogP contribution in [0.5, 0.6) is 0 Å². The number of alkyl halides is 3. The zero-order valence-electron chi connectivity index (χ0n) is 16.5. The van der Waals surface area contributed by atoms with Crippen LogP contribution >= 0.6 is 11.8 Å². The molecule has 3 N–H and O–H groups in total. The molecule has 0 fully saturated rings. The molecule has 0 spiro atoms. The van der Waals surface area contributed by atoms with Crippen molar-refractivity contribution in [1.29, 1.82) is 5.26 Å². The van der Waals surface area contributed by atoms with Crippen molar-refractivity contribution in [2.75, 3.05) is 23.9 Å². The number of hydrogen-bond donors (Lipinski definition) is 2. The van der Waals surface area contributed by atoms with Gasteiger partial charge in [-0.05, 0) is 17.9 Å². The molecule has 0 unspecified atom stereocenters. The number of anilines is 2. The second-order valence-electron chi connectivity index (χ2n) is 6.27. The highest BCUT2D eigenvalue weighted by molar-refractivity contribution is 7.98. The number of aromatic nitrogens is 2. The van der Waals surface area contributed by atoms with Crippen LogP contribution in [0.1, 0.15) is 23.6 Å². The number of nitrogens with one attached hydrogen (secondary N) is 1. The fraction of sp³-hybridized carbons (Fsp3) is 0.316. The molecule has 0 aliphatic carbocycles. The fourth-order valence-electron chi connectivity index (χ4n) is 2.57. The van der Waals surface area contributed by atoms with Gasteiger partial charge < -0.3 is 15.8 Å². The minimum atomic E-state index is -4.55. The van der Waals surface area contributed by atoms with Crippen LogP contribution in [0.25, 0.3) is 0 Å². The molecule has 0 bridgehead atoms. The van der Waals surface area contributed by atoms with Gasteiger partial charge in [-0.15, -0.1) is 11.8 Å². The van der Waals surface area contributed by atoms with Gasteiger partial charge in [0.2, 0.25) is 5.95 Å². The van der Waals surface area contributed by atoms with Gasteiger partial charge in [0.25, 0.3) is 0 Å². The maximum atomic E-state index is 12.9. The number of Topliss-reactive ketones (excluding diaryl/α,β-unsaturated/α-hetero) is 1. The minimum Gasteiger partial charge on any atom is -0.463 e. The molecule has 2 aromatic rings. The van der Waals surface area contributed by atoms with E-state index in [2.05, 4.69) is 15.3 Å². The number of thioether (sulfide) groups is 1. The van der Waals surface area contributed by atoms with E-state index in [0.29, 0.717) is 0 Å². The van der Waals surface area contributed by atoms with Gasteiger partial charge in [-0.3, -0.25) is 9.59 Å². The van der Waals surface area contributed by atoms with Crippen molar-refractivity contribution in [3.8, 4) is 6.07 Å². The molecular weight excluding hydrogens is 435 g/mol. The predicted octanol–water partition coefficient (Wildman–Crippen LogP) is 2.83. The number of hydrogen-bond acceptors (Lipinski definition) is 9. The molecule has 0 radical (unpaired) electrons. The lowest BCUT2D eigenvalue weighted by molar-refractivity contribution is -0.142. The zero-order valence-corrected chi connectivity index (χ0v) is 17.3. The number of ketones is 1. The summed E-state index contributed by atoms with van der Waals surface area (Å²) in [5.74, 6) is -1.44. The highest BCUT2D eigenvalue weighted by atomic mass is 32.2. The van der Waals surface area contributed by atoms with E-state index >= 15 is 0 Å². The van der Waals surface area contributed by atoms with Crippen LogP contribution in [0, 0.1) is 11.3 Å². The Morgan fingerprint density at radius 2 is 2.06 bits per heavy atom. The number of nitrogen functional groups attached to an aromatic ring is 1. The quantitative estimate of drug-likeness (QED) is 0.352. The van der Waals surface area contributed by atoms with E-state index in [1.54, 1.807) is 6.26 Å². The van der Waals surface area contributed by atoms with Crippen LogP contribution in [0.2, 0.25) is 0 Å². The number of benzene rings is 1. The Balaban J connectivity index is 2.33. The van der Waals surface area contributed by atoms with Crippen molar-refractivity contribution in [2.45, 2.75) is 30.6 Å². The van der Waals surface area contributed by atoms with Crippen LogP contribution in [-0.2, 0) is 26.9 Å². The molecule has 0 aliphatic rings. The first kappa shape index (κ1) is 23.9. The van der Waals surface area contributed by atoms with Crippen molar-refractivity contribution in [3.05, 3.63) is 41.0 Å². The summed E-state index contributed by atoms with van der Waals surface area (Å²) in [6.45, 7) is 0.722. The Kier molecular flexibility index (Phi) is 7.82. The van der Waals surface area contributed by atoms with E-state index in [1.165, 1.54) is 12.1 Å². The number of rotatable bonds is 8. The fourth-order valence-corrected chi connectivity index (χ4v) is 3.10. The number of ether oxygens (including phenoxy) is 1. The summed E-state index contributed by atoms with van der Waals surface area (Å²) in [6.07, 6.45) is -3.26. The largest absolute Gasteiger partial charge is 0.463 e. The number of esters is 1. The molecule has 0 amide bonds. The van der Waals surface area contributed by atoms with Gasteiger partial charge in [-0.2, -0.15) is 23.4 Å². The molecule has 0 saturated carbocycles. The second-order valence-corrected chi connectivity index (χ2v) is 7.06. The summed E-state index contributed by atoms with van der Waals surface area (Å²) >= 11 is 1.14. The lowest BCUT2D eigenvalue weighted by Gasteiger charge is -2.19. The van der Waals surface area contributed by atoms with Crippen molar-refractivity contribution < 1.29 is 27.5 Å². The Morgan fingerprint density at radius 3 is 2.65 bits per heavy atom. The normalized spacial score (nSPS) is 12.0. The molecule has 1 heterocycles.